The van der Waals surface area contributed by atoms with Crippen molar-refractivity contribution in [2.75, 3.05) is 0 Å². The third-order valence-electron chi connectivity index (χ3n) is 4.79. The van der Waals surface area contributed by atoms with Gasteiger partial charge < -0.3 is 13.7 Å². The first-order valence-electron chi connectivity index (χ1n) is 9.05. The lowest BCUT2D eigenvalue weighted by atomic mass is 10.1. The molecule has 5 rings (SSSR count). The summed E-state index contributed by atoms with van der Waals surface area (Å²) < 4.78 is 13.8. The van der Waals surface area contributed by atoms with Crippen molar-refractivity contribution in [3.8, 4) is 5.75 Å². The molecule has 3 aromatic carbocycles. The van der Waals surface area contributed by atoms with E-state index in [1.807, 2.05) is 54.6 Å². The number of halogens is 1. The number of rotatable bonds is 5. The molecule has 5 heteroatoms. The summed E-state index contributed by atoms with van der Waals surface area (Å²) in [5.74, 6) is 2.51. The maximum Gasteiger partial charge on any atom is 0.148 e. The van der Waals surface area contributed by atoms with Crippen LogP contribution >= 0.6 is 11.6 Å². The average Bonchev–Trinajstić information content (AvgIpc) is 3.35. The molecule has 0 amide bonds. The SMILES string of the molecule is Clc1ccc2nc(COc3cccc4ccccc34)n(Cc3ccco3)c2c1. The molecule has 0 aliphatic heterocycles. The van der Waals surface area contributed by atoms with E-state index >= 15 is 0 Å². The van der Waals surface area contributed by atoms with Crippen LogP contribution in [0.3, 0.4) is 0 Å². The molecule has 0 N–H and O–H groups in total. The Morgan fingerprint density at radius 2 is 1.86 bits per heavy atom. The first kappa shape index (κ1) is 16.9. The summed E-state index contributed by atoms with van der Waals surface area (Å²) in [5.41, 5.74) is 1.84. The van der Waals surface area contributed by atoms with Crippen LogP contribution in [0.15, 0.2) is 83.5 Å². The number of hydrogen-bond donors (Lipinski definition) is 0. The predicted molar refractivity (Wildman–Crippen MR) is 111 cm³/mol. The number of benzene rings is 3. The fraction of sp³-hybridized carbons (Fsp3) is 0.0870. The van der Waals surface area contributed by atoms with Crippen LogP contribution in [0.25, 0.3) is 21.8 Å². The first-order chi connectivity index (χ1) is 13.8. The molecule has 0 saturated carbocycles. The Kier molecular flexibility index (Phi) is 4.26. The maximum atomic E-state index is 6.22. The molecule has 5 aromatic rings. The zero-order valence-corrected chi connectivity index (χ0v) is 15.8. The highest BCUT2D eigenvalue weighted by atomic mass is 35.5. The minimum Gasteiger partial charge on any atom is -0.485 e. The van der Waals surface area contributed by atoms with E-state index < -0.39 is 0 Å². The van der Waals surface area contributed by atoms with E-state index in [0.29, 0.717) is 18.2 Å². The fourth-order valence-electron chi connectivity index (χ4n) is 3.45. The van der Waals surface area contributed by atoms with Crippen LogP contribution in [-0.4, -0.2) is 9.55 Å². The molecule has 2 aromatic heterocycles. The molecule has 0 atom stereocenters. The third kappa shape index (κ3) is 3.12. The molecule has 0 unspecified atom stereocenters. The summed E-state index contributed by atoms with van der Waals surface area (Å²) in [6.45, 7) is 0.916. The molecule has 0 fully saturated rings. The van der Waals surface area contributed by atoms with Gasteiger partial charge in [0.1, 0.15) is 23.9 Å². The highest BCUT2D eigenvalue weighted by Crippen LogP contribution is 2.27. The number of fused-ring (bicyclic) bond motifs is 2. The van der Waals surface area contributed by atoms with E-state index in [-0.39, 0.29) is 0 Å². The van der Waals surface area contributed by atoms with Crippen molar-refractivity contribution in [1.82, 2.24) is 9.55 Å². The molecule has 2 heterocycles. The van der Waals surface area contributed by atoms with Crippen LogP contribution in [-0.2, 0) is 13.2 Å². The molecule has 0 aliphatic carbocycles. The van der Waals surface area contributed by atoms with Gasteiger partial charge in [0, 0.05) is 10.4 Å². The van der Waals surface area contributed by atoms with Gasteiger partial charge in [-0.1, -0.05) is 48.0 Å². The van der Waals surface area contributed by atoms with Crippen LogP contribution in [0, 0.1) is 0 Å². The Labute approximate surface area is 166 Å². The topological polar surface area (TPSA) is 40.2 Å². The molecule has 28 heavy (non-hydrogen) atoms. The van der Waals surface area contributed by atoms with E-state index in [1.54, 1.807) is 6.26 Å². The van der Waals surface area contributed by atoms with Crippen molar-refractivity contribution in [3.05, 3.63) is 95.7 Å². The van der Waals surface area contributed by atoms with Gasteiger partial charge in [-0.2, -0.15) is 0 Å². The van der Waals surface area contributed by atoms with Crippen LogP contribution < -0.4 is 4.74 Å². The number of nitrogens with zero attached hydrogens (tertiary/aromatic N) is 2. The molecule has 0 radical (unpaired) electrons. The number of aromatic nitrogens is 2. The van der Waals surface area contributed by atoms with Gasteiger partial charge in [-0.05, 0) is 41.8 Å². The Hall–Kier alpha value is -3.24. The second-order valence-corrected chi connectivity index (χ2v) is 7.03. The third-order valence-corrected chi connectivity index (χ3v) is 5.02. The van der Waals surface area contributed by atoms with Crippen LogP contribution in [0.4, 0.5) is 0 Å². The van der Waals surface area contributed by atoms with Gasteiger partial charge in [0.2, 0.25) is 0 Å². The van der Waals surface area contributed by atoms with Crippen molar-refractivity contribution >= 4 is 33.4 Å². The lowest BCUT2D eigenvalue weighted by Crippen LogP contribution is -2.08. The molecule has 4 nitrogen and oxygen atoms in total. The van der Waals surface area contributed by atoms with Crippen molar-refractivity contribution in [2.45, 2.75) is 13.2 Å². The quantitative estimate of drug-likeness (QED) is 0.367. The van der Waals surface area contributed by atoms with Gasteiger partial charge in [-0.3, -0.25) is 0 Å². The fourth-order valence-corrected chi connectivity index (χ4v) is 3.62. The molecular weight excluding hydrogens is 372 g/mol. The molecule has 0 bridgehead atoms. The Bertz CT molecular complexity index is 1250. The molecule has 0 spiro atoms. The van der Waals surface area contributed by atoms with Crippen molar-refractivity contribution in [2.24, 2.45) is 0 Å². The minimum absolute atomic E-state index is 0.348. The van der Waals surface area contributed by atoms with Gasteiger partial charge in [0.25, 0.3) is 0 Å². The van der Waals surface area contributed by atoms with E-state index in [4.69, 9.17) is 25.7 Å². The van der Waals surface area contributed by atoms with Gasteiger partial charge in [-0.15, -0.1) is 0 Å². The van der Waals surface area contributed by atoms with Crippen LogP contribution in [0.1, 0.15) is 11.6 Å². The van der Waals surface area contributed by atoms with Gasteiger partial charge in [0.15, 0.2) is 0 Å². The van der Waals surface area contributed by atoms with E-state index in [2.05, 4.69) is 22.8 Å². The Morgan fingerprint density at radius 1 is 0.964 bits per heavy atom. The zero-order valence-electron chi connectivity index (χ0n) is 15.0. The minimum atomic E-state index is 0.348. The largest absolute Gasteiger partial charge is 0.485 e. The smallest absolute Gasteiger partial charge is 0.148 e. The van der Waals surface area contributed by atoms with Crippen molar-refractivity contribution in [1.29, 1.82) is 0 Å². The number of furan rings is 1. The van der Waals surface area contributed by atoms with Crippen LogP contribution in [0.5, 0.6) is 5.75 Å². The summed E-state index contributed by atoms with van der Waals surface area (Å²) in [7, 11) is 0. The van der Waals surface area contributed by atoms with E-state index in [1.165, 1.54) is 0 Å². The summed E-state index contributed by atoms with van der Waals surface area (Å²) in [6, 6.07) is 23.8. The first-order valence-corrected chi connectivity index (χ1v) is 9.43. The summed E-state index contributed by atoms with van der Waals surface area (Å²) >= 11 is 6.22. The number of imidazole rings is 1. The molecule has 138 valence electrons. The highest BCUT2D eigenvalue weighted by Gasteiger charge is 2.14. The average molecular weight is 389 g/mol. The van der Waals surface area contributed by atoms with Gasteiger partial charge in [-0.25, -0.2) is 4.98 Å². The molecular formula is C23H17ClN2O2. The molecule has 0 saturated heterocycles. The number of ether oxygens (including phenoxy) is 1. The lowest BCUT2D eigenvalue weighted by Gasteiger charge is -2.11. The zero-order chi connectivity index (χ0) is 18.9. The summed E-state index contributed by atoms with van der Waals surface area (Å²) in [6.07, 6.45) is 1.67. The normalized spacial score (nSPS) is 11.3. The Morgan fingerprint density at radius 3 is 2.75 bits per heavy atom. The second kappa shape index (κ2) is 7.06. The highest BCUT2D eigenvalue weighted by molar-refractivity contribution is 6.31. The van der Waals surface area contributed by atoms with E-state index in [9.17, 15) is 0 Å². The number of hydrogen-bond acceptors (Lipinski definition) is 3. The lowest BCUT2D eigenvalue weighted by molar-refractivity contribution is 0.293. The maximum absolute atomic E-state index is 6.22. The monoisotopic (exact) mass is 388 g/mol. The summed E-state index contributed by atoms with van der Waals surface area (Å²) in [5, 5.41) is 2.91. The molecule has 0 aliphatic rings. The standard InChI is InChI=1S/C23H17ClN2O2/c24-17-10-11-20-21(13-17)26(14-18-7-4-12-27-18)23(25-20)15-28-22-9-3-6-16-5-1-2-8-19(16)22/h1-13H,14-15H2. The summed E-state index contributed by atoms with van der Waals surface area (Å²) in [4.78, 5) is 4.77. The van der Waals surface area contributed by atoms with Crippen LogP contribution in [0.2, 0.25) is 5.02 Å². The van der Waals surface area contributed by atoms with E-state index in [0.717, 1.165) is 39.1 Å². The van der Waals surface area contributed by atoms with Crippen molar-refractivity contribution in [3.63, 3.8) is 0 Å². The second-order valence-electron chi connectivity index (χ2n) is 6.59. The Balaban J connectivity index is 1.53. The predicted octanol–water partition coefficient (Wildman–Crippen LogP) is 6.06. The van der Waals surface area contributed by atoms with Crippen molar-refractivity contribution < 1.29 is 9.15 Å². The van der Waals surface area contributed by atoms with Gasteiger partial charge in [0.05, 0.1) is 23.8 Å². The van der Waals surface area contributed by atoms with Gasteiger partial charge >= 0.3 is 0 Å².